The number of nitrogens with one attached hydrogen (secondary N) is 2. The summed E-state index contributed by atoms with van der Waals surface area (Å²) in [4.78, 5) is 20.0. The van der Waals surface area contributed by atoms with Crippen LogP contribution in [0.15, 0.2) is 35.2 Å². The first kappa shape index (κ1) is 15.0. The van der Waals surface area contributed by atoms with Crippen molar-refractivity contribution in [2.75, 3.05) is 25.6 Å². The molecule has 0 atom stereocenters. The average molecular weight is 290 g/mol. The fourth-order valence-corrected chi connectivity index (χ4v) is 1.68. The number of hydrogen-bond acceptors (Lipinski definition) is 6. The van der Waals surface area contributed by atoms with Gasteiger partial charge in [0.1, 0.15) is 23.6 Å². The third-order valence-corrected chi connectivity index (χ3v) is 2.73. The molecule has 0 aliphatic heterocycles. The van der Waals surface area contributed by atoms with Gasteiger partial charge < -0.3 is 19.8 Å². The highest BCUT2D eigenvalue weighted by Gasteiger charge is 2.09. The lowest BCUT2D eigenvalue weighted by atomic mass is 10.3. The number of hydrogen-bond donors (Lipinski definition) is 2. The van der Waals surface area contributed by atoms with Gasteiger partial charge in [-0.25, -0.2) is 9.97 Å². The summed E-state index contributed by atoms with van der Waals surface area (Å²) in [5.74, 6) is 1.04. The van der Waals surface area contributed by atoms with Crippen molar-refractivity contribution in [2.45, 2.75) is 13.0 Å². The third kappa shape index (κ3) is 4.88. The second-order valence-corrected chi connectivity index (χ2v) is 4.32. The van der Waals surface area contributed by atoms with Gasteiger partial charge in [-0.05, 0) is 18.6 Å². The molecule has 21 heavy (non-hydrogen) atoms. The lowest BCUT2D eigenvalue weighted by Gasteiger charge is -2.07. The highest BCUT2D eigenvalue weighted by Crippen LogP contribution is 2.05. The molecule has 2 aromatic heterocycles. The Labute approximate surface area is 122 Å². The highest BCUT2D eigenvalue weighted by molar-refractivity contribution is 5.92. The van der Waals surface area contributed by atoms with Crippen molar-refractivity contribution in [3.05, 3.63) is 42.2 Å². The molecule has 112 valence electrons. The molecule has 0 aromatic carbocycles. The second kappa shape index (κ2) is 8.01. The van der Waals surface area contributed by atoms with E-state index in [0.29, 0.717) is 30.4 Å². The molecule has 0 unspecified atom stereocenters. The summed E-state index contributed by atoms with van der Waals surface area (Å²) in [5.41, 5.74) is 0.311. The Kier molecular flexibility index (Phi) is 5.71. The van der Waals surface area contributed by atoms with Crippen LogP contribution in [0.3, 0.4) is 0 Å². The zero-order valence-corrected chi connectivity index (χ0v) is 11.8. The zero-order valence-electron chi connectivity index (χ0n) is 11.8. The van der Waals surface area contributed by atoms with Gasteiger partial charge >= 0.3 is 0 Å². The van der Waals surface area contributed by atoms with Gasteiger partial charge in [-0.3, -0.25) is 4.79 Å². The number of anilines is 1. The van der Waals surface area contributed by atoms with Crippen molar-refractivity contribution in [3.8, 4) is 0 Å². The summed E-state index contributed by atoms with van der Waals surface area (Å²) < 4.78 is 10.1. The fraction of sp³-hybridized carbons (Fsp3) is 0.357. The van der Waals surface area contributed by atoms with Gasteiger partial charge in [0.05, 0.1) is 12.8 Å². The smallest absolute Gasteiger partial charge is 0.270 e. The van der Waals surface area contributed by atoms with E-state index < -0.39 is 0 Å². The molecule has 2 heterocycles. The summed E-state index contributed by atoms with van der Waals surface area (Å²) in [7, 11) is 1.66. The van der Waals surface area contributed by atoms with Crippen molar-refractivity contribution in [3.63, 3.8) is 0 Å². The first-order valence-electron chi connectivity index (χ1n) is 6.65. The van der Waals surface area contributed by atoms with Crippen LogP contribution in [0.5, 0.6) is 0 Å². The Morgan fingerprint density at radius 2 is 2.33 bits per heavy atom. The van der Waals surface area contributed by atoms with E-state index in [0.717, 1.165) is 13.0 Å². The average Bonchev–Trinajstić information content (AvgIpc) is 3.03. The lowest BCUT2D eigenvalue weighted by molar-refractivity contribution is 0.0943. The van der Waals surface area contributed by atoms with Crippen molar-refractivity contribution in [2.24, 2.45) is 0 Å². The number of amides is 1. The van der Waals surface area contributed by atoms with Crippen LogP contribution in [0.1, 0.15) is 22.7 Å². The summed E-state index contributed by atoms with van der Waals surface area (Å²) in [6.45, 7) is 1.72. The van der Waals surface area contributed by atoms with Gasteiger partial charge in [0.15, 0.2) is 0 Å². The van der Waals surface area contributed by atoms with E-state index in [2.05, 4.69) is 20.6 Å². The first-order valence-corrected chi connectivity index (χ1v) is 6.65. The fourth-order valence-electron chi connectivity index (χ4n) is 1.68. The summed E-state index contributed by atoms with van der Waals surface area (Å²) >= 11 is 0. The Hall–Kier alpha value is -2.41. The summed E-state index contributed by atoms with van der Waals surface area (Å²) in [6.07, 6.45) is 3.79. The molecule has 0 fully saturated rings. The SMILES string of the molecule is COCCCNc1cc(C(=O)NCc2ccco2)ncn1. The molecular formula is C14H18N4O3. The summed E-state index contributed by atoms with van der Waals surface area (Å²) in [6, 6.07) is 5.18. The number of rotatable bonds is 8. The lowest BCUT2D eigenvalue weighted by Crippen LogP contribution is -2.24. The van der Waals surface area contributed by atoms with Crippen molar-refractivity contribution >= 4 is 11.7 Å². The van der Waals surface area contributed by atoms with Crippen LogP contribution in [-0.2, 0) is 11.3 Å². The van der Waals surface area contributed by atoms with Crippen LogP contribution in [0, 0.1) is 0 Å². The van der Waals surface area contributed by atoms with E-state index in [1.54, 1.807) is 31.6 Å². The van der Waals surface area contributed by atoms with Gasteiger partial charge in [0, 0.05) is 26.3 Å². The van der Waals surface area contributed by atoms with Crippen LogP contribution in [-0.4, -0.2) is 36.1 Å². The molecule has 0 radical (unpaired) electrons. The molecule has 2 aromatic rings. The molecule has 7 heteroatoms. The van der Waals surface area contributed by atoms with Crippen molar-refractivity contribution in [1.82, 2.24) is 15.3 Å². The van der Waals surface area contributed by atoms with Crippen LogP contribution >= 0.6 is 0 Å². The van der Waals surface area contributed by atoms with E-state index in [4.69, 9.17) is 9.15 Å². The monoisotopic (exact) mass is 290 g/mol. The number of aromatic nitrogens is 2. The van der Waals surface area contributed by atoms with Crippen LogP contribution < -0.4 is 10.6 Å². The minimum atomic E-state index is -0.270. The molecule has 7 nitrogen and oxygen atoms in total. The topological polar surface area (TPSA) is 89.3 Å². The first-order chi connectivity index (χ1) is 10.3. The molecular weight excluding hydrogens is 272 g/mol. The van der Waals surface area contributed by atoms with Gasteiger partial charge in [0.25, 0.3) is 5.91 Å². The minimum Gasteiger partial charge on any atom is -0.467 e. The third-order valence-electron chi connectivity index (χ3n) is 2.73. The molecule has 0 bridgehead atoms. The van der Waals surface area contributed by atoms with E-state index in [1.807, 2.05) is 0 Å². The molecule has 0 aliphatic rings. The maximum Gasteiger partial charge on any atom is 0.270 e. The van der Waals surface area contributed by atoms with Crippen molar-refractivity contribution in [1.29, 1.82) is 0 Å². The van der Waals surface area contributed by atoms with Gasteiger partial charge in [-0.2, -0.15) is 0 Å². The highest BCUT2D eigenvalue weighted by atomic mass is 16.5. The predicted molar refractivity (Wildman–Crippen MR) is 76.9 cm³/mol. The maximum atomic E-state index is 12.0. The summed E-state index contributed by atoms with van der Waals surface area (Å²) in [5, 5.41) is 5.85. The molecule has 0 saturated heterocycles. The zero-order chi connectivity index (χ0) is 14.9. The Bertz CT molecular complexity index is 557. The van der Waals surface area contributed by atoms with Gasteiger partial charge in [0.2, 0.25) is 0 Å². The molecule has 2 rings (SSSR count). The quantitative estimate of drug-likeness (QED) is 0.715. The number of carbonyl (C=O) groups excluding carboxylic acids is 1. The van der Waals surface area contributed by atoms with Gasteiger partial charge in [-0.1, -0.05) is 0 Å². The normalized spacial score (nSPS) is 10.3. The molecule has 1 amide bonds. The number of ether oxygens (including phenoxy) is 1. The van der Waals surface area contributed by atoms with Gasteiger partial charge in [-0.15, -0.1) is 0 Å². The molecule has 0 saturated carbocycles. The minimum absolute atomic E-state index is 0.270. The Morgan fingerprint density at radius 1 is 1.43 bits per heavy atom. The number of carbonyl (C=O) groups is 1. The Balaban J connectivity index is 1.85. The number of nitrogens with zero attached hydrogens (tertiary/aromatic N) is 2. The largest absolute Gasteiger partial charge is 0.467 e. The second-order valence-electron chi connectivity index (χ2n) is 4.32. The van der Waals surface area contributed by atoms with E-state index in [-0.39, 0.29) is 5.91 Å². The molecule has 0 aliphatic carbocycles. The van der Waals surface area contributed by atoms with Crippen LogP contribution in [0.4, 0.5) is 5.82 Å². The van der Waals surface area contributed by atoms with E-state index in [9.17, 15) is 4.79 Å². The molecule has 2 N–H and O–H groups in total. The standard InChI is InChI=1S/C14H18N4O3/c1-20-6-3-5-15-13-8-12(17-10-18-13)14(19)16-9-11-4-2-7-21-11/h2,4,7-8,10H,3,5-6,9H2,1H3,(H,16,19)(H,15,17,18). The van der Waals surface area contributed by atoms with Crippen LogP contribution in [0.25, 0.3) is 0 Å². The maximum absolute atomic E-state index is 12.0. The number of furan rings is 1. The van der Waals surface area contributed by atoms with Crippen LogP contribution in [0.2, 0.25) is 0 Å². The van der Waals surface area contributed by atoms with E-state index in [1.165, 1.54) is 6.33 Å². The van der Waals surface area contributed by atoms with Crippen molar-refractivity contribution < 1.29 is 13.9 Å². The van der Waals surface area contributed by atoms with E-state index >= 15 is 0 Å². The Morgan fingerprint density at radius 3 is 3.10 bits per heavy atom. The number of methoxy groups -OCH3 is 1. The molecule has 0 spiro atoms. The predicted octanol–water partition coefficient (Wildman–Crippen LogP) is 1.45.